The number of hydrogen-bond donors (Lipinski definition) is 0. The summed E-state index contributed by atoms with van der Waals surface area (Å²) in [6.45, 7) is 1.78. The molecule has 0 saturated carbocycles. The van der Waals surface area contributed by atoms with Crippen LogP contribution in [0, 0.1) is 0 Å². The number of ether oxygens (including phenoxy) is 2. The van der Waals surface area contributed by atoms with Gasteiger partial charge in [-0.05, 0) is 24.7 Å². The average Bonchev–Trinajstić information content (AvgIpc) is 3.24. The van der Waals surface area contributed by atoms with Gasteiger partial charge >= 0.3 is 0 Å². The third-order valence-electron chi connectivity index (χ3n) is 3.94. The molecule has 2 heterocycles. The molecule has 1 aromatic heterocycles. The fourth-order valence-electron chi connectivity index (χ4n) is 2.81. The Morgan fingerprint density at radius 3 is 2.67 bits per heavy atom. The van der Waals surface area contributed by atoms with Crippen LogP contribution in [0.2, 0.25) is 0 Å². The SMILES string of the molecule is CN(Cc1ccc2c(c1)OCO2)Cc1cc(-c2ccccc2)no1. The third kappa shape index (κ3) is 3.12. The van der Waals surface area contributed by atoms with Gasteiger partial charge in [0.1, 0.15) is 5.69 Å². The number of benzene rings is 2. The summed E-state index contributed by atoms with van der Waals surface area (Å²) in [5.41, 5.74) is 3.09. The van der Waals surface area contributed by atoms with Crippen LogP contribution in [0.1, 0.15) is 11.3 Å². The maximum Gasteiger partial charge on any atom is 0.231 e. The van der Waals surface area contributed by atoms with Gasteiger partial charge in [0.05, 0.1) is 6.54 Å². The summed E-state index contributed by atoms with van der Waals surface area (Å²) in [6, 6.07) is 18.1. The lowest BCUT2D eigenvalue weighted by Crippen LogP contribution is -2.16. The maximum absolute atomic E-state index is 5.47. The minimum absolute atomic E-state index is 0.301. The second kappa shape index (κ2) is 6.37. The Kier molecular flexibility index (Phi) is 3.92. The Bertz CT molecular complexity index is 830. The number of aromatic nitrogens is 1. The summed E-state index contributed by atoms with van der Waals surface area (Å²) >= 11 is 0. The highest BCUT2D eigenvalue weighted by atomic mass is 16.7. The van der Waals surface area contributed by atoms with Crippen LogP contribution in [0.3, 0.4) is 0 Å². The molecule has 3 aromatic rings. The minimum Gasteiger partial charge on any atom is -0.454 e. The first-order valence-corrected chi connectivity index (χ1v) is 7.86. The largest absolute Gasteiger partial charge is 0.454 e. The van der Waals surface area contributed by atoms with Gasteiger partial charge in [0.25, 0.3) is 0 Å². The predicted octanol–water partition coefficient (Wildman–Crippen LogP) is 3.70. The van der Waals surface area contributed by atoms with Crippen LogP contribution in [0.5, 0.6) is 11.5 Å². The molecule has 4 rings (SSSR count). The first-order valence-electron chi connectivity index (χ1n) is 7.86. The van der Waals surface area contributed by atoms with Crippen LogP contribution in [0.25, 0.3) is 11.3 Å². The van der Waals surface area contributed by atoms with Gasteiger partial charge in [-0.25, -0.2) is 0 Å². The van der Waals surface area contributed by atoms with Crippen molar-refractivity contribution in [1.82, 2.24) is 10.1 Å². The maximum atomic E-state index is 5.47. The zero-order chi connectivity index (χ0) is 16.4. The molecule has 0 bridgehead atoms. The highest BCUT2D eigenvalue weighted by molar-refractivity contribution is 5.58. The molecule has 0 aliphatic carbocycles. The van der Waals surface area contributed by atoms with E-state index >= 15 is 0 Å². The van der Waals surface area contributed by atoms with Crippen LogP contribution >= 0.6 is 0 Å². The van der Waals surface area contributed by atoms with Crippen LogP contribution in [0.4, 0.5) is 0 Å². The number of fused-ring (bicyclic) bond motifs is 1. The minimum atomic E-state index is 0.301. The van der Waals surface area contributed by atoms with Crippen molar-refractivity contribution in [3.8, 4) is 22.8 Å². The molecule has 1 aliphatic heterocycles. The van der Waals surface area contributed by atoms with Crippen LogP contribution < -0.4 is 9.47 Å². The van der Waals surface area contributed by atoms with Crippen molar-refractivity contribution in [1.29, 1.82) is 0 Å². The fourth-order valence-corrected chi connectivity index (χ4v) is 2.81. The van der Waals surface area contributed by atoms with Gasteiger partial charge in [0.2, 0.25) is 6.79 Å². The van der Waals surface area contributed by atoms with Crippen LogP contribution in [-0.4, -0.2) is 23.9 Å². The van der Waals surface area contributed by atoms with Gasteiger partial charge in [-0.15, -0.1) is 0 Å². The van der Waals surface area contributed by atoms with E-state index in [9.17, 15) is 0 Å². The van der Waals surface area contributed by atoms with E-state index in [2.05, 4.69) is 23.2 Å². The number of hydrogen-bond acceptors (Lipinski definition) is 5. The summed E-state index contributed by atoms with van der Waals surface area (Å²) in [5, 5.41) is 4.16. The zero-order valence-electron chi connectivity index (χ0n) is 13.4. The monoisotopic (exact) mass is 322 g/mol. The Morgan fingerprint density at radius 1 is 0.958 bits per heavy atom. The molecule has 0 unspecified atom stereocenters. The van der Waals surface area contributed by atoms with Gasteiger partial charge in [0.15, 0.2) is 17.3 Å². The predicted molar refractivity (Wildman–Crippen MR) is 89.7 cm³/mol. The summed E-state index contributed by atoms with van der Waals surface area (Å²) in [4.78, 5) is 2.17. The molecule has 0 fully saturated rings. The highest BCUT2D eigenvalue weighted by Crippen LogP contribution is 2.32. The van der Waals surface area contributed by atoms with E-state index < -0.39 is 0 Å². The molecular weight excluding hydrogens is 304 g/mol. The highest BCUT2D eigenvalue weighted by Gasteiger charge is 2.14. The Labute approximate surface area is 140 Å². The van der Waals surface area contributed by atoms with E-state index in [4.69, 9.17) is 14.0 Å². The molecule has 0 N–H and O–H groups in total. The first-order chi connectivity index (χ1) is 11.8. The normalized spacial score (nSPS) is 12.8. The molecule has 5 heteroatoms. The van der Waals surface area contributed by atoms with Crippen molar-refractivity contribution in [3.05, 3.63) is 65.9 Å². The van der Waals surface area contributed by atoms with Crippen molar-refractivity contribution in [3.63, 3.8) is 0 Å². The topological polar surface area (TPSA) is 47.7 Å². The molecule has 24 heavy (non-hydrogen) atoms. The van der Waals surface area contributed by atoms with Crippen molar-refractivity contribution in [2.24, 2.45) is 0 Å². The second-order valence-electron chi connectivity index (χ2n) is 5.90. The smallest absolute Gasteiger partial charge is 0.231 e. The summed E-state index contributed by atoms with van der Waals surface area (Å²) < 4.78 is 16.2. The van der Waals surface area contributed by atoms with E-state index in [-0.39, 0.29) is 0 Å². The van der Waals surface area contributed by atoms with E-state index in [1.165, 1.54) is 5.56 Å². The van der Waals surface area contributed by atoms with Gasteiger partial charge in [-0.2, -0.15) is 0 Å². The lowest BCUT2D eigenvalue weighted by molar-refractivity contribution is 0.174. The van der Waals surface area contributed by atoms with Crippen LogP contribution in [-0.2, 0) is 13.1 Å². The average molecular weight is 322 g/mol. The molecule has 122 valence electrons. The van der Waals surface area contributed by atoms with Crippen molar-refractivity contribution < 1.29 is 14.0 Å². The third-order valence-corrected chi connectivity index (χ3v) is 3.94. The lowest BCUT2D eigenvalue weighted by atomic mass is 10.1. The molecule has 0 radical (unpaired) electrons. The molecule has 0 atom stereocenters. The van der Waals surface area contributed by atoms with E-state index in [0.717, 1.165) is 35.1 Å². The summed E-state index contributed by atoms with van der Waals surface area (Å²) in [7, 11) is 2.05. The molecule has 0 amide bonds. The molecular formula is C19H18N2O3. The Balaban J connectivity index is 1.41. The lowest BCUT2D eigenvalue weighted by Gasteiger charge is -2.14. The van der Waals surface area contributed by atoms with E-state index in [1.54, 1.807) is 0 Å². The van der Waals surface area contributed by atoms with Gasteiger partial charge < -0.3 is 14.0 Å². The van der Waals surface area contributed by atoms with Crippen molar-refractivity contribution in [2.75, 3.05) is 13.8 Å². The quantitative estimate of drug-likeness (QED) is 0.717. The van der Waals surface area contributed by atoms with E-state index in [0.29, 0.717) is 13.3 Å². The molecule has 0 saturated heterocycles. The van der Waals surface area contributed by atoms with Crippen molar-refractivity contribution in [2.45, 2.75) is 13.1 Å². The first kappa shape index (κ1) is 14.8. The molecule has 5 nitrogen and oxygen atoms in total. The zero-order valence-corrected chi connectivity index (χ0v) is 13.4. The van der Waals surface area contributed by atoms with Crippen LogP contribution in [0.15, 0.2) is 59.1 Å². The number of nitrogens with zero attached hydrogens (tertiary/aromatic N) is 2. The Morgan fingerprint density at radius 2 is 1.79 bits per heavy atom. The molecule has 0 spiro atoms. The van der Waals surface area contributed by atoms with Gasteiger partial charge in [-0.3, -0.25) is 4.90 Å². The van der Waals surface area contributed by atoms with Crippen molar-refractivity contribution >= 4 is 0 Å². The summed E-state index contributed by atoms with van der Waals surface area (Å²) in [6.07, 6.45) is 0. The molecule has 2 aromatic carbocycles. The summed E-state index contributed by atoms with van der Waals surface area (Å²) in [5.74, 6) is 2.47. The van der Waals surface area contributed by atoms with Gasteiger partial charge in [0, 0.05) is 18.2 Å². The fraction of sp³-hybridized carbons (Fsp3) is 0.211. The second-order valence-corrected chi connectivity index (χ2v) is 5.90. The molecule has 1 aliphatic rings. The van der Waals surface area contributed by atoms with Gasteiger partial charge in [-0.1, -0.05) is 41.6 Å². The number of rotatable bonds is 5. The Hall–Kier alpha value is -2.79. The standard InChI is InChI=1S/C19H18N2O3/c1-21(11-14-7-8-18-19(9-14)23-13-22-18)12-16-10-17(20-24-16)15-5-3-2-4-6-15/h2-10H,11-13H2,1H3. The van der Waals surface area contributed by atoms with E-state index in [1.807, 2.05) is 48.5 Å².